The molecule has 0 amide bonds. The average Bonchev–Trinajstić information content (AvgIpc) is 2.49. The molecule has 0 aliphatic rings. The molecule has 0 saturated heterocycles. The lowest BCUT2D eigenvalue weighted by molar-refractivity contribution is 0.491. The Morgan fingerprint density at radius 1 is 1.58 bits per heavy atom. The van der Waals surface area contributed by atoms with Crippen LogP contribution in [0.15, 0.2) is 5.38 Å². The fraction of sp³-hybridized carbons (Fsp3) is 0.667. The molecule has 2 N–H and O–H groups in total. The van der Waals surface area contributed by atoms with E-state index in [1.165, 1.54) is 5.69 Å². The second-order valence-electron chi connectivity index (χ2n) is 3.29. The van der Waals surface area contributed by atoms with Gasteiger partial charge in [-0.2, -0.15) is 0 Å². The fourth-order valence-corrected chi connectivity index (χ4v) is 1.80. The van der Waals surface area contributed by atoms with Crippen LogP contribution < -0.4 is 5.73 Å². The summed E-state index contributed by atoms with van der Waals surface area (Å²) >= 11 is 1.71. The molecule has 68 valence electrons. The summed E-state index contributed by atoms with van der Waals surface area (Å²) in [5.41, 5.74) is 6.78. The zero-order chi connectivity index (χ0) is 9.14. The van der Waals surface area contributed by atoms with Crippen LogP contribution in [0.1, 0.15) is 30.5 Å². The highest BCUT2D eigenvalue weighted by molar-refractivity contribution is 7.09. The van der Waals surface area contributed by atoms with Gasteiger partial charge in [0, 0.05) is 11.3 Å². The van der Waals surface area contributed by atoms with Gasteiger partial charge in [0.2, 0.25) is 0 Å². The number of thiazole rings is 1. The summed E-state index contributed by atoms with van der Waals surface area (Å²) in [6.07, 6.45) is 0. The Bertz CT molecular complexity index is 244. The van der Waals surface area contributed by atoms with Gasteiger partial charge in [-0.1, -0.05) is 13.8 Å². The van der Waals surface area contributed by atoms with Crippen LogP contribution in [0.25, 0.3) is 0 Å². The van der Waals surface area contributed by atoms with Crippen molar-refractivity contribution in [2.45, 2.75) is 26.7 Å². The summed E-state index contributed by atoms with van der Waals surface area (Å²) in [6, 6.07) is 0. The van der Waals surface area contributed by atoms with E-state index in [9.17, 15) is 0 Å². The molecule has 0 aliphatic heterocycles. The predicted octanol–water partition coefficient (Wildman–Crippen LogP) is 2.15. The molecule has 0 aliphatic carbocycles. The lowest BCUT2D eigenvalue weighted by Gasteiger charge is -2.15. The molecular formula is C9H16N2S. The molecule has 3 heteroatoms. The van der Waals surface area contributed by atoms with Gasteiger partial charge in [0.25, 0.3) is 0 Å². The van der Waals surface area contributed by atoms with E-state index in [0.717, 1.165) is 11.6 Å². The molecule has 0 fully saturated rings. The van der Waals surface area contributed by atoms with Crippen LogP contribution in [0.2, 0.25) is 0 Å². The lowest BCUT2D eigenvalue weighted by Crippen LogP contribution is -2.17. The van der Waals surface area contributed by atoms with Crippen molar-refractivity contribution in [1.29, 1.82) is 0 Å². The highest BCUT2D eigenvalue weighted by Crippen LogP contribution is 2.24. The standard InChI is InChI=1S/C9H16N2S/c1-6(4-10)7(2)9-5-12-8(3)11-9/h5-7H,4,10H2,1-3H3. The second kappa shape index (κ2) is 4.01. The number of nitrogens with zero attached hydrogens (tertiary/aromatic N) is 1. The summed E-state index contributed by atoms with van der Waals surface area (Å²) in [7, 11) is 0. The second-order valence-corrected chi connectivity index (χ2v) is 4.36. The highest BCUT2D eigenvalue weighted by Gasteiger charge is 2.14. The van der Waals surface area contributed by atoms with Crippen LogP contribution in [-0.2, 0) is 0 Å². The quantitative estimate of drug-likeness (QED) is 0.781. The average molecular weight is 184 g/mol. The third-order valence-electron chi connectivity index (χ3n) is 2.33. The van der Waals surface area contributed by atoms with Crippen LogP contribution >= 0.6 is 11.3 Å². The molecule has 2 unspecified atom stereocenters. The minimum absolute atomic E-state index is 0.486. The normalized spacial score (nSPS) is 16.0. The molecule has 0 aromatic carbocycles. The number of hydrogen-bond donors (Lipinski definition) is 1. The van der Waals surface area contributed by atoms with Crippen molar-refractivity contribution in [2.75, 3.05) is 6.54 Å². The van der Waals surface area contributed by atoms with Gasteiger partial charge in [0.1, 0.15) is 0 Å². The van der Waals surface area contributed by atoms with Crippen LogP contribution in [0.3, 0.4) is 0 Å². The first-order chi connectivity index (χ1) is 5.65. The predicted molar refractivity (Wildman–Crippen MR) is 53.5 cm³/mol. The molecule has 0 spiro atoms. The number of aromatic nitrogens is 1. The highest BCUT2D eigenvalue weighted by atomic mass is 32.1. The van der Waals surface area contributed by atoms with Crippen molar-refractivity contribution in [1.82, 2.24) is 4.98 Å². The van der Waals surface area contributed by atoms with E-state index >= 15 is 0 Å². The first kappa shape index (κ1) is 9.68. The van der Waals surface area contributed by atoms with E-state index in [1.54, 1.807) is 11.3 Å². The van der Waals surface area contributed by atoms with Crippen molar-refractivity contribution in [3.8, 4) is 0 Å². The zero-order valence-corrected chi connectivity index (χ0v) is 8.69. The Morgan fingerprint density at radius 2 is 2.25 bits per heavy atom. The maximum Gasteiger partial charge on any atom is 0.0897 e. The summed E-state index contributed by atoms with van der Waals surface area (Å²) in [5.74, 6) is 1.01. The summed E-state index contributed by atoms with van der Waals surface area (Å²) in [4.78, 5) is 4.44. The topological polar surface area (TPSA) is 38.9 Å². The Morgan fingerprint density at radius 3 is 2.67 bits per heavy atom. The Hall–Kier alpha value is -0.410. The van der Waals surface area contributed by atoms with Gasteiger partial charge in [0.05, 0.1) is 10.7 Å². The van der Waals surface area contributed by atoms with Gasteiger partial charge in [0.15, 0.2) is 0 Å². The fourth-order valence-electron chi connectivity index (χ4n) is 1.08. The molecule has 1 aromatic heterocycles. The number of rotatable bonds is 3. The molecule has 0 radical (unpaired) electrons. The molecule has 1 aromatic rings. The molecule has 2 nitrogen and oxygen atoms in total. The smallest absolute Gasteiger partial charge is 0.0897 e. The van der Waals surface area contributed by atoms with E-state index in [0.29, 0.717) is 11.8 Å². The summed E-state index contributed by atoms with van der Waals surface area (Å²) < 4.78 is 0. The third kappa shape index (κ3) is 2.05. The van der Waals surface area contributed by atoms with E-state index < -0.39 is 0 Å². The minimum Gasteiger partial charge on any atom is -0.330 e. The minimum atomic E-state index is 0.486. The molecule has 1 rings (SSSR count). The lowest BCUT2D eigenvalue weighted by atomic mass is 9.94. The third-order valence-corrected chi connectivity index (χ3v) is 3.12. The molecule has 1 heterocycles. The Labute approximate surface area is 77.8 Å². The number of aryl methyl sites for hydroxylation is 1. The maximum atomic E-state index is 5.59. The van der Waals surface area contributed by atoms with Gasteiger partial charge < -0.3 is 5.73 Å². The van der Waals surface area contributed by atoms with Crippen LogP contribution in [-0.4, -0.2) is 11.5 Å². The van der Waals surface area contributed by atoms with Gasteiger partial charge in [-0.05, 0) is 19.4 Å². The number of nitrogens with two attached hydrogens (primary N) is 1. The van der Waals surface area contributed by atoms with Gasteiger partial charge in [-0.25, -0.2) is 4.98 Å². The van der Waals surface area contributed by atoms with E-state index in [-0.39, 0.29) is 0 Å². The van der Waals surface area contributed by atoms with Gasteiger partial charge >= 0.3 is 0 Å². The summed E-state index contributed by atoms with van der Waals surface area (Å²) in [6.45, 7) is 7.12. The maximum absolute atomic E-state index is 5.59. The largest absolute Gasteiger partial charge is 0.330 e. The van der Waals surface area contributed by atoms with Gasteiger partial charge in [-0.15, -0.1) is 11.3 Å². The van der Waals surface area contributed by atoms with Crippen molar-refractivity contribution in [3.05, 3.63) is 16.1 Å². The van der Waals surface area contributed by atoms with Crippen molar-refractivity contribution in [3.63, 3.8) is 0 Å². The van der Waals surface area contributed by atoms with Crippen molar-refractivity contribution < 1.29 is 0 Å². The van der Waals surface area contributed by atoms with Crippen LogP contribution in [0, 0.1) is 12.8 Å². The van der Waals surface area contributed by atoms with Crippen LogP contribution in [0.5, 0.6) is 0 Å². The monoisotopic (exact) mass is 184 g/mol. The summed E-state index contributed by atoms with van der Waals surface area (Å²) in [5, 5.41) is 3.27. The van der Waals surface area contributed by atoms with Crippen molar-refractivity contribution >= 4 is 11.3 Å². The Balaban J connectivity index is 2.70. The molecular weight excluding hydrogens is 168 g/mol. The van der Waals surface area contributed by atoms with E-state index in [4.69, 9.17) is 5.73 Å². The van der Waals surface area contributed by atoms with Crippen LogP contribution in [0.4, 0.5) is 0 Å². The molecule has 12 heavy (non-hydrogen) atoms. The van der Waals surface area contributed by atoms with E-state index in [2.05, 4.69) is 24.2 Å². The zero-order valence-electron chi connectivity index (χ0n) is 7.87. The van der Waals surface area contributed by atoms with Gasteiger partial charge in [-0.3, -0.25) is 0 Å². The first-order valence-corrected chi connectivity index (χ1v) is 5.15. The number of hydrogen-bond acceptors (Lipinski definition) is 3. The molecule has 2 atom stereocenters. The molecule has 0 bridgehead atoms. The SMILES string of the molecule is Cc1nc(C(C)C(C)CN)cs1. The van der Waals surface area contributed by atoms with E-state index in [1.807, 2.05) is 6.92 Å². The molecule has 0 saturated carbocycles. The van der Waals surface area contributed by atoms with Crippen molar-refractivity contribution in [2.24, 2.45) is 11.7 Å². The first-order valence-electron chi connectivity index (χ1n) is 4.27. The Kier molecular flexibility index (Phi) is 3.23.